The summed E-state index contributed by atoms with van der Waals surface area (Å²) in [4.78, 5) is 16.0. The average Bonchev–Trinajstić information content (AvgIpc) is 3.33. The number of anilines is 2. The number of imidazole rings is 2. The molecule has 0 aliphatic carbocycles. The molecule has 5 nitrogen and oxygen atoms in total. The number of hydrogen-bond donors (Lipinski definition) is 3. The fourth-order valence-electron chi connectivity index (χ4n) is 3.18. The van der Waals surface area contributed by atoms with E-state index in [1.54, 1.807) is 0 Å². The number of aromatic nitrogens is 4. The average molecular weight is 351 g/mol. The molecule has 0 radical (unpaired) electrons. The summed E-state index contributed by atoms with van der Waals surface area (Å²) in [5.74, 6) is 1.30. The van der Waals surface area contributed by atoms with E-state index in [-0.39, 0.29) is 0 Å². The third-order valence-corrected chi connectivity index (χ3v) is 4.44. The Hall–Kier alpha value is -3.86. The van der Waals surface area contributed by atoms with Gasteiger partial charge in [-0.25, -0.2) is 9.97 Å². The molecule has 0 saturated heterocycles. The first-order valence-corrected chi connectivity index (χ1v) is 8.79. The highest BCUT2D eigenvalue weighted by atomic mass is 15.2. The molecule has 0 amide bonds. The van der Waals surface area contributed by atoms with Gasteiger partial charge < -0.3 is 9.97 Å². The molecule has 0 unspecified atom stereocenters. The quantitative estimate of drug-likeness (QED) is 0.408. The van der Waals surface area contributed by atoms with Crippen molar-refractivity contribution in [3.8, 4) is 22.5 Å². The van der Waals surface area contributed by atoms with Crippen molar-refractivity contribution in [2.75, 3.05) is 5.32 Å². The van der Waals surface area contributed by atoms with Gasteiger partial charge in [-0.15, -0.1) is 0 Å². The number of aromatic amines is 2. The molecule has 5 heteroatoms. The van der Waals surface area contributed by atoms with E-state index < -0.39 is 0 Å². The van der Waals surface area contributed by atoms with Gasteiger partial charge in [-0.2, -0.15) is 0 Å². The molecule has 5 rings (SSSR count). The maximum Gasteiger partial charge on any atom is 0.208 e. The van der Waals surface area contributed by atoms with E-state index in [9.17, 15) is 0 Å². The Labute approximate surface area is 156 Å². The van der Waals surface area contributed by atoms with Gasteiger partial charge in [0.15, 0.2) is 0 Å². The zero-order chi connectivity index (χ0) is 18.1. The minimum absolute atomic E-state index is 0.645. The fourth-order valence-corrected chi connectivity index (χ4v) is 3.18. The summed E-state index contributed by atoms with van der Waals surface area (Å²) in [6.45, 7) is 0. The molecule has 3 aromatic carbocycles. The maximum atomic E-state index is 4.80. The van der Waals surface area contributed by atoms with Gasteiger partial charge in [0.2, 0.25) is 11.9 Å². The molecule has 0 saturated carbocycles. The largest absolute Gasteiger partial charge is 0.324 e. The van der Waals surface area contributed by atoms with Crippen molar-refractivity contribution >= 4 is 22.9 Å². The van der Waals surface area contributed by atoms with Crippen molar-refractivity contribution in [2.24, 2.45) is 0 Å². The summed E-state index contributed by atoms with van der Waals surface area (Å²) in [6.07, 6.45) is 0. The molecule has 0 atom stereocenters. The standard InChI is InChI=1S/C22H17N5/c1-3-9-15(10-4-1)19-20(16-11-5-2-6-12-16)26-22(25-19)27-21-23-17-13-7-8-14-18(17)24-21/h1-14H,(H3,23,24,25,26,27). The van der Waals surface area contributed by atoms with Gasteiger partial charge in [0.25, 0.3) is 0 Å². The van der Waals surface area contributed by atoms with Crippen LogP contribution >= 0.6 is 0 Å². The van der Waals surface area contributed by atoms with E-state index in [2.05, 4.69) is 44.5 Å². The number of hydrogen-bond acceptors (Lipinski definition) is 3. The zero-order valence-corrected chi connectivity index (χ0v) is 14.5. The van der Waals surface area contributed by atoms with Gasteiger partial charge in [-0.1, -0.05) is 72.8 Å². The summed E-state index contributed by atoms with van der Waals surface area (Å²) >= 11 is 0. The lowest BCUT2D eigenvalue weighted by Crippen LogP contribution is -1.94. The van der Waals surface area contributed by atoms with Crippen LogP contribution in [0.2, 0.25) is 0 Å². The molecule has 2 aromatic heterocycles. The fraction of sp³-hybridized carbons (Fsp3) is 0. The van der Waals surface area contributed by atoms with E-state index in [0.29, 0.717) is 11.9 Å². The van der Waals surface area contributed by atoms with Crippen LogP contribution in [0.15, 0.2) is 84.9 Å². The molecule has 130 valence electrons. The highest BCUT2D eigenvalue weighted by Gasteiger charge is 2.14. The van der Waals surface area contributed by atoms with Crippen molar-refractivity contribution in [2.45, 2.75) is 0 Å². The molecule has 0 spiro atoms. The van der Waals surface area contributed by atoms with E-state index in [1.807, 2.05) is 60.7 Å². The topological polar surface area (TPSA) is 69.4 Å². The summed E-state index contributed by atoms with van der Waals surface area (Å²) in [7, 11) is 0. The molecular formula is C22H17N5. The second kappa shape index (κ2) is 6.46. The Balaban J connectivity index is 1.58. The number of H-pyrrole nitrogens is 2. The SMILES string of the molecule is c1ccc(-c2nc(Nc3nc4ccccc4[nH]3)[nH]c2-c2ccccc2)cc1. The third-order valence-electron chi connectivity index (χ3n) is 4.44. The molecule has 27 heavy (non-hydrogen) atoms. The summed E-state index contributed by atoms with van der Waals surface area (Å²) < 4.78 is 0. The predicted octanol–water partition coefficient (Wildman–Crippen LogP) is 5.36. The molecule has 0 fully saturated rings. The van der Waals surface area contributed by atoms with Gasteiger partial charge >= 0.3 is 0 Å². The van der Waals surface area contributed by atoms with E-state index in [0.717, 1.165) is 33.5 Å². The van der Waals surface area contributed by atoms with Crippen molar-refractivity contribution in [3.63, 3.8) is 0 Å². The number of rotatable bonds is 4. The highest BCUT2D eigenvalue weighted by molar-refractivity contribution is 5.81. The summed E-state index contributed by atoms with van der Waals surface area (Å²) in [6, 6.07) is 28.3. The van der Waals surface area contributed by atoms with Crippen LogP contribution in [0, 0.1) is 0 Å². The Morgan fingerprint density at radius 3 is 1.96 bits per heavy atom. The van der Waals surface area contributed by atoms with Crippen LogP contribution in [0.1, 0.15) is 0 Å². The summed E-state index contributed by atoms with van der Waals surface area (Å²) in [5.41, 5.74) is 5.92. The van der Waals surface area contributed by atoms with Crippen molar-refractivity contribution in [3.05, 3.63) is 84.9 Å². The molecule has 5 aromatic rings. The minimum Gasteiger partial charge on any atom is -0.324 e. The number of nitrogens with one attached hydrogen (secondary N) is 3. The van der Waals surface area contributed by atoms with Crippen molar-refractivity contribution < 1.29 is 0 Å². The number of nitrogens with zero attached hydrogens (tertiary/aromatic N) is 2. The first kappa shape index (κ1) is 15.4. The van der Waals surface area contributed by atoms with Gasteiger partial charge in [0.05, 0.1) is 22.4 Å². The molecule has 2 heterocycles. The molecule has 3 N–H and O–H groups in total. The van der Waals surface area contributed by atoms with Crippen LogP contribution in [0.3, 0.4) is 0 Å². The molecule has 0 aliphatic rings. The maximum absolute atomic E-state index is 4.80. The van der Waals surface area contributed by atoms with Crippen LogP contribution in [-0.2, 0) is 0 Å². The van der Waals surface area contributed by atoms with E-state index >= 15 is 0 Å². The van der Waals surface area contributed by atoms with Crippen LogP contribution in [0.4, 0.5) is 11.9 Å². The van der Waals surface area contributed by atoms with Crippen molar-refractivity contribution in [1.82, 2.24) is 19.9 Å². The second-order valence-electron chi connectivity index (χ2n) is 6.27. The monoisotopic (exact) mass is 351 g/mol. The van der Waals surface area contributed by atoms with Crippen LogP contribution < -0.4 is 5.32 Å². The first-order chi connectivity index (χ1) is 13.4. The minimum atomic E-state index is 0.645. The lowest BCUT2D eigenvalue weighted by molar-refractivity contribution is 1.22. The Kier molecular flexibility index (Phi) is 3.68. The smallest absolute Gasteiger partial charge is 0.208 e. The Morgan fingerprint density at radius 1 is 0.593 bits per heavy atom. The van der Waals surface area contributed by atoms with Crippen LogP contribution in [0.5, 0.6) is 0 Å². The van der Waals surface area contributed by atoms with Crippen LogP contribution in [-0.4, -0.2) is 19.9 Å². The van der Waals surface area contributed by atoms with E-state index in [1.165, 1.54) is 0 Å². The van der Waals surface area contributed by atoms with E-state index in [4.69, 9.17) is 4.98 Å². The molecule has 0 bridgehead atoms. The second-order valence-corrected chi connectivity index (χ2v) is 6.27. The van der Waals surface area contributed by atoms with Gasteiger partial charge in [0, 0.05) is 11.1 Å². The zero-order valence-electron chi connectivity index (χ0n) is 14.5. The van der Waals surface area contributed by atoms with Gasteiger partial charge in [0.1, 0.15) is 0 Å². The predicted molar refractivity (Wildman–Crippen MR) is 109 cm³/mol. The Bertz CT molecular complexity index is 1100. The third kappa shape index (κ3) is 2.95. The highest BCUT2D eigenvalue weighted by Crippen LogP contribution is 2.32. The summed E-state index contributed by atoms with van der Waals surface area (Å²) in [5, 5.41) is 3.26. The first-order valence-electron chi connectivity index (χ1n) is 8.79. The molecule has 0 aliphatic heterocycles. The van der Waals surface area contributed by atoms with Crippen LogP contribution in [0.25, 0.3) is 33.5 Å². The number of para-hydroxylation sites is 2. The molecular weight excluding hydrogens is 334 g/mol. The normalized spacial score (nSPS) is 11.0. The Morgan fingerprint density at radius 2 is 1.22 bits per heavy atom. The lowest BCUT2D eigenvalue weighted by atomic mass is 10.1. The van der Waals surface area contributed by atoms with Gasteiger partial charge in [-0.3, -0.25) is 5.32 Å². The van der Waals surface area contributed by atoms with Crippen molar-refractivity contribution in [1.29, 1.82) is 0 Å². The van der Waals surface area contributed by atoms with Gasteiger partial charge in [-0.05, 0) is 12.1 Å². The number of benzene rings is 3. The number of fused-ring (bicyclic) bond motifs is 1. The lowest BCUT2D eigenvalue weighted by Gasteiger charge is -2.02.